The molecule has 20 heavy (non-hydrogen) atoms. The van der Waals surface area contributed by atoms with Crippen LogP contribution in [0.3, 0.4) is 0 Å². The van der Waals surface area contributed by atoms with Crippen molar-refractivity contribution in [1.29, 1.82) is 0 Å². The summed E-state index contributed by atoms with van der Waals surface area (Å²) in [5.74, 6) is 6.22. The van der Waals surface area contributed by atoms with Crippen molar-refractivity contribution in [3.8, 4) is 11.8 Å². The maximum absolute atomic E-state index is 11.6. The van der Waals surface area contributed by atoms with Crippen LogP contribution in [0, 0.1) is 11.8 Å². The van der Waals surface area contributed by atoms with E-state index in [1.807, 2.05) is 42.5 Å². The molecule has 98 valence electrons. The Balaban J connectivity index is 1.89. The van der Waals surface area contributed by atoms with Gasteiger partial charge in [-0.3, -0.25) is 4.79 Å². The first kappa shape index (κ1) is 12.8. The third-order valence-corrected chi connectivity index (χ3v) is 3.48. The molecule has 0 aliphatic carbocycles. The van der Waals surface area contributed by atoms with Gasteiger partial charge >= 0.3 is 0 Å². The summed E-state index contributed by atoms with van der Waals surface area (Å²) >= 11 is 5.84. The summed E-state index contributed by atoms with van der Waals surface area (Å²) in [6.07, 6.45) is 0.859. The molecule has 1 aliphatic heterocycles. The highest BCUT2D eigenvalue weighted by molar-refractivity contribution is 6.30. The quantitative estimate of drug-likeness (QED) is 0.739. The highest BCUT2D eigenvalue weighted by Crippen LogP contribution is 2.15. The Morgan fingerprint density at radius 2 is 1.70 bits per heavy atom. The fourth-order valence-electron chi connectivity index (χ4n) is 2.18. The minimum absolute atomic E-state index is 0.00320. The number of benzene rings is 2. The predicted molar refractivity (Wildman–Crippen MR) is 79.9 cm³/mol. The largest absolute Gasteiger partial charge is 0.352 e. The molecule has 1 N–H and O–H groups in total. The molecule has 1 aliphatic rings. The Labute approximate surface area is 122 Å². The van der Waals surface area contributed by atoms with Gasteiger partial charge in [0.1, 0.15) is 0 Å². The molecule has 0 fully saturated rings. The summed E-state index contributed by atoms with van der Waals surface area (Å²) in [6, 6.07) is 13.1. The van der Waals surface area contributed by atoms with Crippen LogP contribution in [0.15, 0.2) is 42.5 Å². The van der Waals surface area contributed by atoms with Gasteiger partial charge in [0.05, 0.1) is 0 Å². The van der Waals surface area contributed by atoms with Gasteiger partial charge in [-0.1, -0.05) is 23.4 Å². The van der Waals surface area contributed by atoms with E-state index in [0.29, 0.717) is 11.6 Å². The number of carbonyl (C=O) groups is 1. The van der Waals surface area contributed by atoms with Gasteiger partial charge in [0, 0.05) is 28.3 Å². The summed E-state index contributed by atoms with van der Waals surface area (Å²) in [7, 11) is 0. The zero-order valence-electron chi connectivity index (χ0n) is 10.7. The van der Waals surface area contributed by atoms with Crippen LogP contribution in [0.25, 0.3) is 0 Å². The molecule has 2 aromatic carbocycles. The lowest BCUT2D eigenvalue weighted by Crippen LogP contribution is -2.31. The SMILES string of the molecule is O=C1NCCc2cc(C#Cc3ccc(Cl)cc3)ccc21. The Morgan fingerprint density at radius 1 is 1.00 bits per heavy atom. The molecule has 0 spiro atoms. The van der Waals surface area contributed by atoms with E-state index in [1.165, 1.54) is 0 Å². The van der Waals surface area contributed by atoms with Gasteiger partial charge in [0.25, 0.3) is 5.91 Å². The van der Waals surface area contributed by atoms with Gasteiger partial charge in [0.2, 0.25) is 0 Å². The van der Waals surface area contributed by atoms with Crippen molar-refractivity contribution in [2.45, 2.75) is 6.42 Å². The average molecular weight is 282 g/mol. The minimum Gasteiger partial charge on any atom is -0.352 e. The van der Waals surface area contributed by atoms with Crippen molar-refractivity contribution < 1.29 is 4.79 Å². The minimum atomic E-state index is 0.00320. The number of carbonyl (C=O) groups excluding carboxylic acids is 1. The van der Waals surface area contributed by atoms with E-state index < -0.39 is 0 Å². The van der Waals surface area contributed by atoms with Crippen LogP contribution < -0.4 is 5.32 Å². The van der Waals surface area contributed by atoms with Crippen molar-refractivity contribution in [2.75, 3.05) is 6.54 Å². The van der Waals surface area contributed by atoms with E-state index in [9.17, 15) is 4.79 Å². The van der Waals surface area contributed by atoms with Gasteiger partial charge in [0.15, 0.2) is 0 Å². The number of amides is 1. The van der Waals surface area contributed by atoms with Crippen LogP contribution in [-0.4, -0.2) is 12.5 Å². The Hall–Kier alpha value is -2.24. The van der Waals surface area contributed by atoms with Gasteiger partial charge in [-0.05, 0) is 54.4 Å². The normalized spacial score (nSPS) is 12.9. The van der Waals surface area contributed by atoms with Gasteiger partial charge < -0.3 is 5.32 Å². The molecule has 0 bridgehead atoms. The fraction of sp³-hybridized carbons (Fsp3) is 0.118. The maximum Gasteiger partial charge on any atom is 0.251 e. The third-order valence-electron chi connectivity index (χ3n) is 3.23. The molecule has 0 saturated carbocycles. The summed E-state index contributed by atoms with van der Waals surface area (Å²) < 4.78 is 0. The Morgan fingerprint density at radius 3 is 2.50 bits per heavy atom. The van der Waals surface area contributed by atoms with Crippen LogP contribution in [0.5, 0.6) is 0 Å². The molecule has 2 nitrogen and oxygen atoms in total. The second kappa shape index (κ2) is 5.40. The molecule has 0 unspecified atom stereocenters. The predicted octanol–water partition coefficient (Wildman–Crippen LogP) is 3.03. The van der Waals surface area contributed by atoms with Crippen molar-refractivity contribution in [1.82, 2.24) is 5.32 Å². The molecular formula is C17H12ClNO. The third kappa shape index (κ3) is 2.68. The van der Waals surface area contributed by atoms with Gasteiger partial charge in [-0.2, -0.15) is 0 Å². The highest BCUT2D eigenvalue weighted by Gasteiger charge is 2.15. The summed E-state index contributed by atoms with van der Waals surface area (Å²) in [5.41, 5.74) is 3.67. The molecular weight excluding hydrogens is 270 g/mol. The van der Waals surface area contributed by atoms with Crippen molar-refractivity contribution in [3.63, 3.8) is 0 Å². The second-order valence-corrected chi connectivity index (χ2v) is 5.07. The first-order valence-corrected chi connectivity index (χ1v) is 6.79. The molecule has 0 radical (unpaired) electrons. The standard InChI is InChI=1S/C17H12ClNO/c18-15-6-3-12(4-7-15)1-2-13-5-8-16-14(11-13)9-10-19-17(16)20/h3-8,11H,9-10H2,(H,19,20). The van der Waals surface area contributed by atoms with Crippen molar-refractivity contribution >= 4 is 17.5 Å². The van der Waals surface area contributed by atoms with E-state index >= 15 is 0 Å². The number of hydrogen-bond acceptors (Lipinski definition) is 1. The second-order valence-electron chi connectivity index (χ2n) is 4.63. The van der Waals surface area contributed by atoms with E-state index in [4.69, 9.17) is 11.6 Å². The molecule has 3 rings (SSSR count). The lowest BCUT2D eigenvalue weighted by Gasteiger charge is -2.16. The van der Waals surface area contributed by atoms with E-state index in [-0.39, 0.29) is 5.91 Å². The molecule has 3 heteroatoms. The maximum atomic E-state index is 11.6. The molecule has 1 amide bonds. The molecule has 0 aromatic heterocycles. The first-order chi connectivity index (χ1) is 9.72. The number of halogens is 1. The average Bonchev–Trinajstić information content (AvgIpc) is 2.47. The number of fused-ring (bicyclic) bond motifs is 1. The van der Waals surface area contributed by atoms with E-state index in [0.717, 1.165) is 28.7 Å². The van der Waals surface area contributed by atoms with Crippen LogP contribution >= 0.6 is 11.6 Å². The number of rotatable bonds is 0. The number of nitrogens with one attached hydrogen (secondary N) is 1. The number of hydrogen-bond donors (Lipinski definition) is 1. The van der Waals surface area contributed by atoms with Gasteiger partial charge in [-0.15, -0.1) is 0 Å². The first-order valence-electron chi connectivity index (χ1n) is 6.41. The monoisotopic (exact) mass is 281 g/mol. The van der Waals surface area contributed by atoms with Crippen LogP contribution in [-0.2, 0) is 6.42 Å². The fourth-order valence-corrected chi connectivity index (χ4v) is 2.31. The smallest absolute Gasteiger partial charge is 0.251 e. The lowest BCUT2D eigenvalue weighted by molar-refractivity contribution is 0.0946. The zero-order chi connectivity index (χ0) is 13.9. The van der Waals surface area contributed by atoms with Gasteiger partial charge in [-0.25, -0.2) is 0 Å². The van der Waals surface area contributed by atoms with Crippen LogP contribution in [0.1, 0.15) is 27.0 Å². The van der Waals surface area contributed by atoms with Crippen molar-refractivity contribution in [3.05, 3.63) is 69.7 Å². The topological polar surface area (TPSA) is 29.1 Å². The van der Waals surface area contributed by atoms with Crippen LogP contribution in [0.4, 0.5) is 0 Å². The molecule has 1 heterocycles. The van der Waals surface area contributed by atoms with Crippen LogP contribution in [0.2, 0.25) is 5.02 Å². The highest BCUT2D eigenvalue weighted by atomic mass is 35.5. The molecule has 0 atom stereocenters. The van der Waals surface area contributed by atoms with E-state index in [1.54, 1.807) is 0 Å². The van der Waals surface area contributed by atoms with Crippen molar-refractivity contribution in [2.24, 2.45) is 0 Å². The van der Waals surface area contributed by atoms with E-state index in [2.05, 4.69) is 17.2 Å². The summed E-state index contributed by atoms with van der Waals surface area (Å²) in [4.78, 5) is 11.6. The lowest BCUT2D eigenvalue weighted by atomic mass is 9.98. The zero-order valence-corrected chi connectivity index (χ0v) is 11.5. The summed E-state index contributed by atoms with van der Waals surface area (Å²) in [6.45, 7) is 0.694. The summed E-state index contributed by atoms with van der Waals surface area (Å²) in [5, 5.41) is 3.54. The Kier molecular flexibility index (Phi) is 3.45. The molecule has 0 saturated heterocycles. The Bertz CT molecular complexity index is 723. The molecule has 2 aromatic rings.